The first-order chi connectivity index (χ1) is 20.5. The van der Waals surface area contributed by atoms with E-state index in [1.807, 2.05) is 77.7 Å². The number of likely N-dealkylation sites (tertiary alicyclic amines) is 1. The SMILES string of the molecule is O=C(c1cc(-c2ccccc2)nc(-c2ccccc2)c1)N1CCN(C2CCN(C(=O)c3cccc(O)c3O)CC2)CC1. The molecule has 0 unspecified atom stereocenters. The number of pyridine rings is 1. The third-order valence-electron chi connectivity index (χ3n) is 8.33. The summed E-state index contributed by atoms with van der Waals surface area (Å²) in [4.78, 5) is 37.7. The maximum absolute atomic E-state index is 13.8. The van der Waals surface area contributed by atoms with Crippen molar-refractivity contribution in [3.63, 3.8) is 0 Å². The minimum absolute atomic E-state index is 0.0118. The van der Waals surface area contributed by atoms with Crippen molar-refractivity contribution < 1.29 is 19.8 Å². The Hall–Kier alpha value is -4.69. The monoisotopic (exact) mass is 562 g/mol. The van der Waals surface area contributed by atoms with Gasteiger partial charge in [-0.3, -0.25) is 14.5 Å². The summed E-state index contributed by atoms with van der Waals surface area (Å²) in [5, 5.41) is 19.9. The summed E-state index contributed by atoms with van der Waals surface area (Å²) in [6.07, 6.45) is 1.65. The highest BCUT2D eigenvalue weighted by Gasteiger charge is 2.31. The van der Waals surface area contributed by atoms with Gasteiger partial charge in [-0.15, -0.1) is 0 Å². The maximum Gasteiger partial charge on any atom is 0.257 e. The average Bonchev–Trinajstić information content (AvgIpc) is 3.06. The Morgan fingerprint density at radius 2 is 1.19 bits per heavy atom. The number of amides is 2. The van der Waals surface area contributed by atoms with Gasteiger partial charge in [0.1, 0.15) is 0 Å². The Balaban J connectivity index is 1.10. The molecule has 0 spiro atoms. The third-order valence-corrected chi connectivity index (χ3v) is 8.33. The van der Waals surface area contributed by atoms with Gasteiger partial charge in [-0.1, -0.05) is 66.7 Å². The number of piperidine rings is 1. The van der Waals surface area contributed by atoms with Gasteiger partial charge in [-0.05, 0) is 37.1 Å². The van der Waals surface area contributed by atoms with Crippen LogP contribution in [-0.4, -0.2) is 87.0 Å². The van der Waals surface area contributed by atoms with E-state index in [-0.39, 0.29) is 28.9 Å². The average molecular weight is 563 g/mol. The van der Waals surface area contributed by atoms with Crippen LogP contribution in [0.4, 0.5) is 0 Å². The van der Waals surface area contributed by atoms with E-state index >= 15 is 0 Å². The number of phenols is 2. The molecule has 0 saturated carbocycles. The molecule has 8 nitrogen and oxygen atoms in total. The van der Waals surface area contributed by atoms with Crippen molar-refractivity contribution in [2.24, 2.45) is 0 Å². The molecular weight excluding hydrogens is 528 g/mol. The van der Waals surface area contributed by atoms with Crippen LogP contribution in [-0.2, 0) is 0 Å². The first kappa shape index (κ1) is 27.5. The highest BCUT2D eigenvalue weighted by molar-refractivity contribution is 5.98. The second-order valence-corrected chi connectivity index (χ2v) is 10.9. The number of phenolic OH excluding ortho intramolecular Hbond substituents is 2. The Bertz CT molecular complexity index is 1500. The lowest BCUT2D eigenvalue weighted by atomic mass is 10.0. The standard InChI is InChI=1S/C34H34N4O4/c39-31-13-7-12-28(32(31)40)34(42)37-16-14-27(15-17-37)36-18-20-38(21-19-36)33(41)26-22-29(24-8-3-1-4-9-24)35-30(23-26)25-10-5-2-6-11-25/h1-13,22-23,27,39-40H,14-21H2. The number of aromatic hydroxyl groups is 2. The number of piperazine rings is 1. The fourth-order valence-corrected chi connectivity index (χ4v) is 5.95. The van der Waals surface area contributed by atoms with Crippen LogP contribution in [0, 0.1) is 0 Å². The Morgan fingerprint density at radius 1 is 0.643 bits per heavy atom. The number of hydrogen-bond acceptors (Lipinski definition) is 6. The van der Waals surface area contributed by atoms with Gasteiger partial charge in [0.15, 0.2) is 11.5 Å². The fourth-order valence-electron chi connectivity index (χ4n) is 5.95. The van der Waals surface area contributed by atoms with E-state index in [9.17, 15) is 19.8 Å². The quantitative estimate of drug-likeness (QED) is 0.336. The van der Waals surface area contributed by atoms with E-state index in [0.717, 1.165) is 48.4 Å². The van der Waals surface area contributed by atoms with Crippen LogP contribution in [0.2, 0.25) is 0 Å². The van der Waals surface area contributed by atoms with Crippen LogP contribution >= 0.6 is 0 Å². The highest BCUT2D eigenvalue weighted by atomic mass is 16.3. The van der Waals surface area contributed by atoms with Crippen molar-refractivity contribution in [3.05, 3.63) is 102 Å². The zero-order valence-electron chi connectivity index (χ0n) is 23.4. The predicted molar refractivity (Wildman–Crippen MR) is 161 cm³/mol. The van der Waals surface area contributed by atoms with Crippen LogP contribution in [0.3, 0.4) is 0 Å². The second kappa shape index (κ2) is 12.0. The molecule has 3 aromatic carbocycles. The van der Waals surface area contributed by atoms with Gasteiger partial charge >= 0.3 is 0 Å². The van der Waals surface area contributed by atoms with E-state index in [1.165, 1.54) is 12.1 Å². The molecule has 2 aliphatic heterocycles. The van der Waals surface area contributed by atoms with Gasteiger partial charge in [-0.25, -0.2) is 4.98 Å². The number of rotatable bonds is 5. The van der Waals surface area contributed by atoms with Crippen molar-refractivity contribution in [1.82, 2.24) is 19.7 Å². The third kappa shape index (κ3) is 5.71. The number of benzene rings is 3. The molecule has 2 amide bonds. The molecule has 42 heavy (non-hydrogen) atoms. The lowest BCUT2D eigenvalue weighted by molar-refractivity contribution is 0.0411. The number of para-hydroxylation sites is 1. The molecule has 4 aromatic rings. The van der Waals surface area contributed by atoms with E-state index in [1.54, 1.807) is 11.0 Å². The van der Waals surface area contributed by atoms with Gasteiger partial charge in [0.2, 0.25) is 0 Å². The smallest absolute Gasteiger partial charge is 0.257 e. The van der Waals surface area contributed by atoms with E-state index in [0.29, 0.717) is 37.8 Å². The predicted octanol–water partition coefficient (Wildman–Crippen LogP) is 4.89. The maximum atomic E-state index is 13.8. The summed E-state index contributed by atoms with van der Waals surface area (Å²) in [5.41, 5.74) is 4.26. The molecule has 2 N–H and O–H groups in total. The van der Waals surface area contributed by atoms with E-state index in [2.05, 4.69) is 4.90 Å². The molecule has 6 rings (SSSR count). The number of hydrogen-bond donors (Lipinski definition) is 2. The van der Waals surface area contributed by atoms with Crippen molar-refractivity contribution >= 4 is 11.8 Å². The van der Waals surface area contributed by atoms with Crippen molar-refractivity contribution in [3.8, 4) is 34.0 Å². The fraction of sp³-hybridized carbons (Fsp3) is 0.265. The molecule has 0 atom stereocenters. The minimum atomic E-state index is -0.369. The number of aromatic nitrogens is 1. The Morgan fingerprint density at radius 3 is 1.76 bits per heavy atom. The lowest BCUT2D eigenvalue weighted by Gasteiger charge is -2.42. The molecule has 0 bridgehead atoms. The van der Waals surface area contributed by atoms with Gasteiger partial charge < -0.3 is 20.0 Å². The molecule has 8 heteroatoms. The van der Waals surface area contributed by atoms with Crippen molar-refractivity contribution in [1.29, 1.82) is 0 Å². The van der Waals surface area contributed by atoms with E-state index in [4.69, 9.17) is 4.98 Å². The van der Waals surface area contributed by atoms with Crippen LogP contribution in [0.1, 0.15) is 33.6 Å². The Kier molecular flexibility index (Phi) is 7.88. The summed E-state index contributed by atoms with van der Waals surface area (Å²) in [7, 11) is 0. The van der Waals surface area contributed by atoms with Crippen molar-refractivity contribution in [2.75, 3.05) is 39.3 Å². The van der Waals surface area contributed by atoms with Crippen LogP contribution < -0.4 is 0 Å². The Labute approximate surface area is 245 Å². The molecule has 2 aliphatic rings. The molecular formula is C34H34N4O4. The molecule has 2 saturated heterocycles. The van der Waals surface area contributed by atoms with Crippen LogP contribution in [0.25, 0.3) is 22.5 Å². The minimum Gasteiger partial charge on any atom is -0.504 e. The summed E-state index contributed by atoms with van der Waals surface area (Å²) in [5.74, 6) is -0.911. The highest BCUT2D eigenvalue weighted by Crippen LogP contribution is 2.31. The molecule has 0 radical (unpaired) electrons. The molecule has 0 aliphatic carbocycles. The van der Waals surface area contributed by atoms with Gasteiger partial charge in [0.05, 0.1) is 17.0 Å². The summed E-state index contributed by atoms with van der Waals surface area (Å²) in [6.45, 7) is 4.00. The van der Waals surface area contributed by atoms with Crippen molar-refractivity contribution in [2.45, 2.75) is 18.9 Å². The van der Waals surface area contributed by atoms with E-state index < -0.39 is 0 Å². The number of carbonyl (C=O) groups is 2. The first-order valence-electron chi connectivity index (χ1n) is 14.4. The zero-order valence-corrected chi connectivity index (χ0v) is 23.4. The molecule has 214 valence electrons. The summed E-state index contributed by atoms with van der Waals surface area (Å²) in [6, 6.07) is 28.5. The van der Waals surface area contributed by atoms with Gasteiger partial charge in [0.25, 0.3) is 11.8 Å². The van der Waals surface area contributed by atoms with Crippen LogP contribution in [0.5, 0.6) is 11.5 Å². The molecule has 1 aromatic heterocycles. The first-order valence-corrected chi connectivity index (χ1v) is 14.4. The normalized spacial score (nSPS) is 16.4. The lowest BCUT2D eigenvalue weighted by Crippen LogP contribution is -2.54. The van der Waals surface area contributed by atoms with Gasteiger partial charge in [0, 0.05) is 62.0 Å². The van der Waals surface area contributed by atoms with Crippen LogP contribution in [0.15, 0.2) is 91.0 Å². The number of nitrogens with zero attached hydrogens (tertiary/aromatic N) is 4. The topological polar surface area (TPSA) is 97.2 Å². The largest absolute Gasteiger partial charge is 0.504 e. The molecule has 3 heterocycles. The second-order valence-electron chi connectivity index (χ2n) is 10.9. The summed E-state index contributed by atoms with van der Waals surface area (Å²) < 4.78 is 0. The molecule has 2 fully saturated rings. The summed E-state index contributed by atoms with van der Waals surface area (Å²) >= 11 is 0. The van der Waals surface area contributed by atoms with Gasteiger partial charge in [-0.2, -0.15) is 0 Å². The number of carbonyl (C=O) groups excluding carboxylic acids is 2. The zero-order chi connectivity index (χ0) is 29.1.